The van der Waals surface area contributed by atoms with E-state index in [1.165, 1.54) is 38.5 Å². The highest BCUT2D eigenvalue weighted by atomic mass is 16.5. The van der Waals surface area contributed by atoms with Gasteiger partial charge in [-0.3, -0.25) is 0 Å². The first-order chi connectivity index (χ1) is 7.49. The van der Waals surface area contributed by atoms with E-state index in [0.717, 1.165) is 12.5 Å². The molecule has 1 aliphatic carbocycles. The average Bonchev–Trinajstić information content (AvgIpc) is 2.18. The molecule has 0 spiro atoms. The van der Waals surface area contributed by atoms with Gasteiger partial charge in [0, 0.05) is 6.61 Å². The minimum atomic E-state index is 0.0284. The molecule has 0 aromatic carbocycles. The van der Waals surface area contributed by atoms with Crippen molar-refractivity contribution >= 4 is 0 Å². The van der Waals surface area contributed by atoms with Gasteiger partial charge in [-0.15, -0.1) is 0 Å². The van der Waals surface area contributed by atoms with Crippen molar-refractivity contribution in [1.82, 2.24) is 0 Å². The number of hydrogen-bond donors (Lipinski definition) is 0. The van der Waals surface area contributed by atoms with Gasteiger partial charge in [-0.2, -0.15) is 0 Å². The van der Waals surface area contributed by atoms with Crippen molar-refractivity contribution in [2.24, 2.45) is 5.92 Å². The fourth-order valence-electron chi connectivity index (χ4n) is 2.33. The van der Waals surface area contributed by atoms with E-state index in [2.05, 4.69) is 33.8 Å². The highest BCUT2D eigenvalue weighted by Crippen LogP contribution is 2.28. The molecule has 0 aromatic heterocycles. The molecule has 94 valence electrons. The third kappa shape index (κ3) is 5.69. The van der Waals surface area contributed by atoms with E-state index in [1.807, 2.05) is 0 Å². The molecule has 0 bridgehead atoms. The van der Waals surface area contributed by atoms with E-state index in [4.69, 9.17) is 4.74 Å². The third-order valence-corrected chi connectivity index (χ3v) is 3.35. The van der Waals surface area contributed by atoms with Crippen LogP contribution in [0, 0.1) is 5.92 Å². The first-order valence-corrected chi connectivity index (χ1v) is 6.79. The number of allylic oxidation sites excluding steroid dienone is 2. The van der Waals surface area contributed by atoms with Gasteiger partial charge in [0.05, 0.1) is 5.60 Å². The lowest BCUT2D eigenvalue weighted by Gasteiger charge is -2.22. The fourth-order valence-corrected chi connectivity index (χ4v) is 2.33. The molecule has 0 aromatic rings. The summed E-state index contributed by atoms with van der Waals surface area (Å²) in [6.07, 6.45) is 10.4. The lowest BCUT2D eigenvalue weighted by Crippen LogP contribution is -2.19. The molecule has 1 unspecified atom stereocenters. The summed E-state index contributed by atoms with van der Waals surface area (Å²) in [6.45, 7) is 9.59. The Balaban J connectivity index is 2.07. The van der Waals surface area contributed by atoms with Gasteiger partial charge < -0.3 is 4.74 Å². The maximum absolute atomic E-state index is 5.73. The van der Waals surface area contributed by atoms with Crippen LogP contribution >= 0.6 is 0 Å². The Morgan fingerprint density at radius 1 is 1.31 bits per heavy atom. The minimum Gasteiger partial charge on any atom is -0.376 e. The highest BCUT2D eigenvalue weighted by Gasteiger charge is 2.14. The van der Waals surface area contributed by atoms with Crippen LogP contribution < -0.4 is 0 Å². The average molecular weight is 224 g/mol. The number of ether oxygens (including phenoxy) is 1. The first kappa shape index (κ1) is 13.8. The van der Waals surface area contributed by atoms with Gasteiger partial charge in [0.25, 0.3) is 0 Å². The maximum Gasteiger partial charge on any atom is 0.0598 e. The summed E-state index contributed by atoms with van der Waals surface area (Å²) in [4.78, 5) is 0. The quantitative estimate of drug-likeness (QED) is 0.485. The first-order valence-electron chi connectivity index (χ1n) is 6.79. The zero-order valence-corrected chi connectivity index (χ0v) is 11.5. The molecule has 16 heavy (non-hydrogen) atoms. The predicted octanol–water partition coefficient (Wildman–Crippen LogP) is 4.72. The van der Waals surface area contributed by atoms with Crippen LogP contribution in [0.2, 0.25) is 0 Å². The SMILES string of the molecule is CC1=CCCCC1CCCCOC(C)(C)C. The van der Waals surface area contributed by atoms with Crippen LogP contribution in [-0.4, -0.2) is 12.2 Å². The number of rotatable bonds is 5. The van der Waals surface area contributed by atoms with Gasteiger partial charge in [-0.25, -0.2) is 0 Å². The van der Waals surface area contributed by atoms with Crippen molar-refractivity contribution in [3.63, 3.8) is 0 Å². The van der Waals surface area contributed by atoms with Crippen molar-refractivity contribution < 1.29 is 4.74 Å². The summed E-state index contributed by atoms with van der Waals surface area (Å²) in [5.74, 6) is 0.864. The second-order valence-electron chi connectivity index (χ2n) is 6.03. The molecular weight excluding hydrogens is 196 g/mol. The van der Waals surface area contributed by atoms with Gasteiger partial charge in [-0.1, -0.05) is 18.1 Å². The van der Waals surface area contributed by atoms with Gasteiger partial charge in [0.2, 0.25) is 0 Å². The molecule has 0 heterocycles. The predicted molar refractivity (Wildman–Crippen MR) is 70.7 cm³/mol. The third-order valence-electron chi connectivity index (χ3n) is 3.35. The zero-order chi connectivity index (χ0) is 12.0. The summed E-state index contributed by atoms with van der Waals surface area (Å²) < 4.78 is 5.73. The highest BCUT2D eigenvalue weighted by molar-refractivity contribution is 5.06. The molecule has 0 aliphatic heterocycles. The van der Waals surface area contributed by atoms with Gasteiger partial charge >= 0.3 is 0 Å². The van der Waals surface area contributed by atoms with Crippen molar-refractivity contribution in [3.05, 3.63) is 11.6 Å². The van der Waals surface area contributed by atoms with Crippen LogP contribution in [0.25, 0.3) is 0 Å². The molecule has 1 rings (SSSR count). The normalized spacial score (nSPS) is 22.0. The Morgan fingerprint density at radius 2 is 2.06 bits per heavy atom. The lowest BCUT2D eigenvalue weighted by molar-refractivity contribution is -0.00497. The molecule has 0 amide bonds. The lowest BCUT2D eigenvalue weighted by atomic mass is 9.85. The molecule has 0 radical (unpaired) electrons. The van der Waals surface area contributed by atoms with Crippen molar-refractivity contribution in [2.45, 2.75) is 71.8 Å². The summed E-state index contributed by atoms with van der Waals surface area (Å²) in [5.41, 5.74) is 1.66. The van der Waals surface area contributed by atoms with Crippen LogP contribution in [0.5, 0.6) is 0 Å². The Bertz CT molecular complexity index is 222. The van der Waals surface area contributed by atoms with Crippen LogP contribution in [0.1, 0.15) is 66.2 Å². The second-order valence-corrected chi connectivity index (χ2v) is 6.03. The molecule has 0 fully saturated rings. The van der Waals surface area contributed by atoms with Gasteiger partial charge in [-0.05, 0) is 65.7 Å². The summed E-state index contributed by atoms with van der Waals surface area (Å²) in [5, 5.41) is 0. The number of unbranched alkanes of at least 4 members (excludes halogenated alkanes) is 1. The summed E-state index contributed by atoms with van der Waals surface area (Å²) >= 11 is 0. The van der Waals surface area contributed by atoms with Crippen LogP contribution in [0.3, 0.4) is 0 Å². The standard InChI is InChI=1S/C15H28O/c1-13-9-5-6-10-14(13)11-7-8-12-16-15(2,3)4/h9,14H,5-8,10-12H2,1-4H3. The molecule has 1 heteroatoms. The summed E-state index contributed by atoms with van der Waals surface area (Å²) in [6, 6.07) is 0. The second kappa shape index (κ2) is 6.44. The fraction of sp³-hybridized carbons (Fsp3) is 0.867. The molecule has 0 N–H and O–H groups in total. The van der Waals surface area contributed by atoms with E-state index < -0.39 is 0 Å². The van der Waals surface area contributed by atoms with Crippen molar-refractivity contribution in [1.29, 1.82) is 0 Å². The van der Waals surface area contributed by atoms with E-state index in [-0.39, 0.29) is 5.60 Å². The smallest absolute Gasteiger partial charge is 0.0598 e. The monoisotopic (exact) mass is 224 g/mol. The van der Waals surface area contributed by atoms with Crippen LogP contribution in [-0.2, 0) is 4.74 Å². The molecular formula is C15H28O. The Kier molecular flexibility index (Phi) is 5.54. The Hall–Kier alpha value is -0.300. The Morgan fingerprint density at radius 3 is 2.69 bits per heavy atom. The molecule has 1 atom stereocenters. The number of hydrogen-bond acceptors (Lipinski definition) is 1. The molecule has 0 saturated heterocycles. The minimum absolute atomic E-state index is 0.0284. The van der Waals surface area contributed by atoms with E-state index in [0.29, 0.717) is 0 Å². The molecule has 1 aliphatic rings. The van der Waals surface area contributed by atoms with Crippen molar-refractivity contribution in [2.75, 3.05) is 6.61 Å². The largest absolute Gasteiger partial charge is 0.376 e. The van der Waals surface area contributed by atoms with E-state index in [9.17, 15) is 0 Å². The van der Waals surface area contributed by atoms with Crippen molar-refractivity contribution in [3.8, 4) is 0 Å². The topological polar surface area (TPSA) is 9.23 Å². The molecule has 1 nitrogen and oxygen atoms in total. The van der Waals surface area contributed by atoms with Gasteiger partial charge in [0.15, 0.2) is 0 Å². The van der Waals surface area contributed by atoms with E-state index in [1.54, 1.807) is 5.57 Å². The molecule has 0 saturated carbocycles. The van der Waals surface area contributed by atoms with Gasteiger partial charge in [0.1, 0.15) is 0 Å². The summed E-state index contributed by atoms with van der Waals surface area (Å²) in [7, 11) is 0. The maximum atomic E-state index is 5.73. The van der Waals surface area contributed by atoms with E-state index >= 15 is 0 Å². The van der Waals surface area contributed by atoms with Crippen LogP contribution in [0.4, 0.5) is 0 Å². The van der Waals surface area contributed by atoms with Crippen LogP contribution in [0.15, 0.2) is 11.6 Å². The zero-order valence-electron chi connectivity index (χ0n) is 11.5. The Labute approximate surface area is 101 Å².